The smallest absolute Gasteiger partial charge is 0.340 e. The maximum atomic E-state index is 12.1. The average molecular weight is 299 g/mol. The first kappa shape index (κ1) is 14.4. The summed E-state index contributed by atoms with van der Waals surface area (Å²) in [7, 11) is 0. The van der Waals surface area contributed by atoms with Crippen molar-refractivity contribution in [1.82, 2.24) is 15.2 Å². The number of pyridine rings is 1. The van der Waals surface area contributed by atoms with E-state index in [1.807, 2.05) is 13.0 Å². The van der Waals surface area contributed by atoms with Gasteiger partial charge in [0, 0.05) is 29.6 Å². The number of carbonyl (C=O) groups is 1. The minimum absolute atomic E-state index is 0.155. The van der Waals surface area contributed by atoms with Gasteiger partial charge in [-0.2, -0.15) is 5.10 Å². The maximum Gasteiger partial charge on any atom is 0.340 e. The van der Waals surface area contributed by atoms with Gasteiger partial charge in [0.05, 0.1) is 5.56 Å². The molecule has 2 heterocycles. The van der Waals surface area contributed by atoms with Gasteiger partial charge in [0.2, 0.25) is 5.43 Å². The standard InChI is InChI=1S/C16H17N3O3/c1-9-5-13(11-3-4-11)17-7-12(9)16(21)22-8-14-15(20)6-10(2)18-19-14/h5-7,11H,3-4,8H2,1-2H3,(H,18,20). The van der Waals surface area contributed by atoms with Gasteiger partial charge in [-0.15, -0.1) is 0 Å². The number of hydrogen-bond donors (Lipinski definition) is 1. The van der Waals surface area contributed by atoms with Crippen LogP contribution in [0.2, 0.25) is 0 Å². The van der Waals surface area contributed by atoms with Crippen LogP contribution in [-0.2, 0) is 11.3 Å². The molecule has 6 heteroatoms. The molecule has 1 saturated carbocycles. The maximum absolute atomic E-state index is 12.1. The van der Waals surface area contributed by atoms with Crippen molar-refractivity contribution in [3.05, 3.63) is 56.8 Å². The van der Waals surface area contributed by atoms with Crippen LogP contribution >= 0.6 is 0 Å². The zero-order valence-corrected chi connectivity index (χ0v) is 12.5. The summed E-state index contributed by atoms with van der Waals surface area (Å²) in [6, 6.07) is 3.36. The summed E-state index contributed by atoms with van der Waals surface area (Å²) >= 11 is 0. The molecular weight excluding hydrogens is 282 g/mol. The molecule has 0 aliphatic heterocycles. The second-order valence-corrected chi connectivity index (χ2v) is 5.64. The molecule has 1 aliphatic rings. The Balaban J connectivity index is 1.70. The van der Waals surface area contributed by atoms with Gasteiger partial charge in [-0.05, 0) is 38.3 Å². The Bertz CT molecular complexity index is 778. The van der Waals surface area contributed by atoms with Crippen molar-refractivity contribution in [1.29, 1.82) is 0 Å². The number of esters is 1. The van der Waals surface area contributed by atoms with Gasteiger partial charge in [-0.1, -0.05) is 0 Å². The molecule has 114 valence electrons. The third kappa shape index (κ3) is 3.05. The van der Waals surface area contributed by atoms with Crippen LogP contribution in [0.4, 0.5) is 0 Å². The molecule has 2 aromatic rings. The van der Waals surface area contributed by atoms with E-state index in [0.717, 1.165) is 24.1 Å². The average Bonchev–Trinajstić information content (AvgIpc) is 3.30. The molecule has 0 radical (unpaired) electrons. The molecule has 0 spiro atoms. The Labute approximate surface area is 127 Å². The number of hydrogen-bond acceptors (Lipinski definition) is 5. The van der Waals surface area contributed by atoms with E-state index >= 15 is 0 Å². The first-order valence-corrected chi connectivity index (χ1v) is 7.23. The normalized spacial score (nSPS) is 13.9. The van der Waals surface area contributed by atoms with Crippen LogP contribution in [0.15, 0.2) is 23.1 Å². The van der Waals surface area contributed by atoms with E-state index in [0.29, 0.717) is 17.2 Å². The van der Waals surface area contributed by atoms with Crippen molar-refractivity contribution >= 4 is 5.97 Å². The summed E-state index contributed by atoms with van der Waals surface area (Å²) in [6.45, 7) is 3.44. The molecule has 1 N–H and O–H groups in total. The summed E-state index contributed by atoms with van der Waals surface area (Å²) in [6.07, 6.45) is 3.88. The first-order chi connectivity index (χ1) is 10.5. The van der Waals surface area contributed by atoms with Crippen LogP contribution < -0.4 is 5.43 Å². The van der Waals surface area contributed by atoms with Crippen molar-refractivity contribution in [3.63, 3.8) is 0 Å². The van der Waals surface area contributed by atoms with Gasteiger partial charge in [-0.3, -0.25) is 14.9 Å². The second-order valence-electron chi connectivity index (χ2n) is 5.64. The van der Waals surface area contributed by atoms with Crippen LogP contribution in [0.3, 0.4) is 0 Å². The molecule has 0 atom stereocenters. The van der Waals surface area contributed by atoms with E-state index in [4.69, 9.17) is 4.74 Å². The molecule has 1 aliphatic carbocycles. The lowest BCUT2D eigenvalue weighted by atomic mass is 10.1. The molecule has 1 fully saturated rings. The minimum Gasteiger partial charge on any atom is -0.455 e. The fourth-order valence-electron chi connectivity index (χ4n) is 2.23. The van der Waals surface area contributed by atoms with E-state index in [9.17, 15) is 9.59 Å². The molecular formula is C16H17N3O3. The highest BCUT2D eigenvalue weighted by Gasteiger charge is 2.26. The van der Waals surface area contributed by atoms with Gasteiger partial charge in [-0.25, -0.2) is 4.79 Å². The van der Waals surface area contributed by atoms with Crippen molar-refractivity contribution in [2.45, 2.75) is 39.2 Å². The molecule has 6 nitrogen and oxygen atoms in total. The lowest BCUT2D eigenvalue weighted by Crippen LogP contribution is -2.17. The van der Waals surface area contributed by atoms with Gasteiger partial charge >= 0.3 is 5.97 Å². The highest BCUT2D eigenvalue weighted by Crippen LogP contribution is 2.39. The van der Waals surface area contributed by atoms with Crippen LogP contribution in [0.1, 0.15) is 51.8 Å². The van der Waals surface area contributed by atoms with Gasteiger partial charge in [0.25, 0.3) is 0 Å². The molecule has 0 amide bonds. The number of ether oxygens (including phenoxy) is 1. The van der Waals surface area contributed by atoms with Crippen LogP contribution in [-0.4, -0.2) is 21.2 Å². The number of rotatable bonds is 4. The van der Waals surface area contributed by atoms with Gasteiger partial charge in [0.1, 0.15) is 12.3 Å². The minimum atomic E-state index is -0.492. The quantitative estimate of drug-likeness (QED) is 0.873. The van der Waals surface area contributed by atoms with Gasteiger partial charge < -0.3 is 4.74 Å². The number of carbonyl (C=O) groups excluding carboxylic acids is 1. The highest BCUT2D eigenvalue weighted by molar-refractivity contribution is 5.90. The topological polar surface area (TPSA) is 84.9 Å². The number of nitrogens with one attached hydrogen (secondary N) is 1. The summed E-state index contributed by atoms with van der Waals surface area (Å²) in [4.78, 5) is 28.1. The largest absolute Gasteiger partial charge is 0.455 e. The summed E-state index contributed by atoms with van der Waals surface area (Å²) in [5.74, 6) is 0.0493. The zero-order chi connectivity index (χ0) is 15.7. The Morgan fingerprint density at radius 1 is 1.36 bits per heavy atom. The number of aromatic nitrogens is 3. The molecule has 22 heavy (non-hydrogen) atoms. The molecule has 2 aromatic heterocycles. The summed E-state index contributed by atoms with van der Waals surface area (Å²) in [5.41, 5.74) is 2.89. The number of nitrogens with zero attached hydrogens (tertiary/aromatic N) is 2. The zero-order valence-electron chi connectivity index (χ0n) is 12.5. The lowest BCUT2D eigenvalue weighted by Gasteiger charge is -2.07. The van der Waals surface area contributed by atoms with E-state index in [1.165, 1.54) is 6.07 Å². The predicted octanol–water partition coefficient (Wildman–Crippen LogP) is 2.02. The van der Waals surface area contributed by atoms with Crippen molar-refractivity contribution in [3.8, 4) is 0 Å². The summed E-state index contributed by atoms with van der Waals surface area (Å²) < 4.78 is 5.17. The van der Waals surface area contributed by atoms with Crippen molar-refractivity contribution < 1.29 is 9.53 Å². The van der Waals surface area contributed by atoms with Crippen LogP contribution in [0.25, 0.3) is 0 Å². The molecule has 0 unspecified atom stereocenters. The Morgan fingerprint density at radius 2 is 2.14 bits per heavy atom. The Kier molecular flexibility index (Phi) is 3.75. The third-order valence-corrected chi connectivity index (χ3v) is 3.69. The number of H-pyrrole nitrogens is 1. The molecule has 0 bridgehead atoms. The Morgan fingerprint density at radius 3 is 2.77 bits per heavy atom. The molecule has 0 saturated heterocycles. The monoisotopic (exact) mass is 299 g/mol. The van der Waals surface area contributed by atoms with Crippen LogP contribution in [0, 0.1) is 13.8 Å². The lowest BCUT2D eigenvalue weighted by molar-refractivity contribution is 0.0464. The predicted molar refractivity (Wildman–Crippen MR) is 79.7 cm³/mol. The third-order valence-electron chi connectivity index (χ3n) is 3.69. The second kappa shape index (κ2) is 5.71. The van der Waals surface area contributed by atoms with E-state index in [1.54, 1.807) is 13.1 Å². The van der Waals surface area contributed by atoms with E-state index in [-0.39, 0.29) is 17.7 Å². The van der Waals surface area contributed by atoms with Gasteiger partial charge in [0.15, 0.2) is 0 Å². The fourth-order valence-corrected chi connectivity index (χ4v) is 2.23. The highest BCUT2D eigenvalue weighted by atomic mass is 16.5. The number of aromatic amines is 1. The molecule has 3 rings (SSSR count). The van der Waals surface area contributed by atoms with Crippen molar-refractivity contribution in [2.75, 3.05) is 0 Å². The van der Waals surface area contributed by atoms with E-state index < -0.39 is 5.97 Å². The molecule has 0 aromatic carbocycles. The first-order valence-electron chi connectivity index (χ1n) is 7.23. The summed E-state index contributed by atoms with van der Waals surface area (Å²) in [5, 5.41) is 6.57. The fraction of sp³-hybridized carbons (Fsp3) is 0.375. The van der Waals surface area contributed by atoms with E-state index in [2.05, 4.69) is 15.2 Å². The van der Waals surface area contributed by atoms with Crippen molar-refractivity contribution in [2.24, 2.45) is 0 Å². The SMILES string of the molecule is Cc1cc(=O)c(COC(=O)c2cnc(C3CC3)cc2C)n[nH]1. The number of aryl methyl sites for hydroxylation is 2. The van der Waals surface area contributed by atoms with Crippen LogP contribution in [0.5, 0.6) is 0 Å². The Hall–Kier alpha value is -2.50.